The van der Waals surface area contributed by atoms with E-state index < -0.39 is 5.82 Å². The summed E-state index contributed by atoms with van der Waals surface area (Å²) in [5.74, 6) is 0.922. The SMILES string of the molecule is CN=C(NCc1ccc(O)c(F)c1)NCc1ncc(C(C)(C)C)o1.I. The molecule has 138 valence electrons. The molecule has 0 atom stereocenters. The first-order valence-corrected chi connectivity index (χ1v) is 7.66. The number of phenols is 1. The van der Waals surface area contributed by atoms with Crippen molar-refractivity contribution in [2.45, 2.75) is 39.3 Å². The Balaban J connectivity index is 0.00000312. The summed E-state index contributed by atoms with van der Waals surface area (Å²) in [6.07, 6.45) is 1.73. The lowest BCUT2D eigenvalue weighted by atomic mass is 9.94. The lowest BCUT2D eigenvalue weighted by Crippen LogP contribution is -2.36. The van der Waals surface area contributed by atoms with Gasteiger partial charge in [-0.1, -0.05) is 26.8 Å². The highest BCUT2D eigenvalue weighted by Gasteiger charge is 2.19. The molecule has 6 nitrogen and oxygen atoms in total. The van der Waals surface area contributed by atoms with Gasteiger partial charge in [0.2, 0.25) is 5.89 Å². The highest BCUT2D eigenvalue weighted by molar-refractivity contribution is 14.0. The number of phenolic OH excluding ortho intramolecular Hbond substituents is 1. The fourth-order valence-corrected chi connectivity index (χ4v) is 1.96. The van der Waals surface area contributed by atoms with Gasteiger partial charge in [-0.15, -0.1) is 24.0 Å². The summed E-state index contributed by atoms with van der Waals surface area (Å²) in [7, 11) is 1.64. The van der Waals surface area contributed by atoms with Gasteiger partial charge in [0.25, 0.3) is 0 Å². The second-order valence-corrected chi connectivity index (χ2v) is 6.43. The second kappa shape index (κ2) is 9.02. The van der Waals surface area contributed by atoms with E-state index in [0.29, 0.717) is 30.5 Å². The van der Waals surface area contributed by atoms with Gasteiger partial charge in [0.1, 0.15) is 5.76 Å². The number of rotatable bonds is 4. The Kier molecular flexibility index (Phi) is 7.65. The predicted molar refractivity (Wildman–Crippen MR) is 106 cm³/mol. The fraction of sp³-hybridized carbons (Fsp3) is 0.412. The normalized spacial score (nSPS) is 11.8. The van der Waals surface area contributed by atoms with Crippen molar-refractivity contribution in [2.24, 2.45) is 4.99 Å². The van der Waals surface area contributed by atoms with Crippen molar-refractivity contribution in [2.75, 3.05) is 7.05 Å². The molecule has 0 saturated heterocycles. The van der Waals surface area contributed by atoms with Gasteiger partial charge in [0.05, 0.1) is 12.7 Å². The summed E-state index contributed by atoms with van der Waals surface area (Å²) in [6.45, 7) is 6.93. The monoisotopic (exact) mass is 462 g/mol. The van der Waals surface area contributed by atoms with E-state index >= 15 is 0 Å². The Morgan fingerprint density at radius 2 is 1.96 bits per heavy atom. The van der Waals surface area contributed by atoms with Gasteiger partial charge in [-0.25, -0.2) is 9.37 Å². The summed E-state index contributed by atoms with van der Waals surface area (Å²) in [4.78, 5) is 8.33. The number of aromatic hydroxyl groups is 1. The zero-order valence-corrected chi connectivity index (χ0v) is 17.1. The second-order valence-electron chi connectivity index (χ2n) is 6.43. The molecule has 0 saturated carbocycles. The van der Waals surface area contributed by atoms with Gasteiger partial charge in [-0.2, -0.15) is 0 Å². The van der Waals surface area contributed by atoms with Crippen LogP contribution in [0, 0.1) is 5.82 Å². The van der Waals surface area contributed by atoms with E-state index in [1.807, 2.05) is 0 Å². The van der Waals surface area contributed by atoms with E-state index in [2.05, 4.69) is 41.4 Å². The number of hydrogen-bond donors (Lipinski definition) is 3. The van der Waals surface area contributed by atoms with Crippen LogP contribution in [-0.4, -0.2) is 23.1 Å². The van der Waals surface area contributed by atoms with Crippen molar-refractivity contribution in [1.29, 1.82) is 0 Å². The van der Waals surface area contributed by atoms with Crippen LogP contribution in [0.1, 0.15) is 38.0 Å². The molecular weight excluding hydrogens is 438 g/mol. The Hall–Kier alpha value is -1.84. The molecule has 1 heterocycles. The molecule has 25 heavy (non-hydrogen) atoms. The van der Waals surface area contributed by atoms with E-state index in [4.69, 9.17) is 4.42 Å². The van der Waals surface area contributed by atoms with Gasteiger partial charge < -0.3 is 20.2 Å². The molecule has 0 amide bonds. The van der Waals surface area contributed by atoms with Crippen LogP contribution >= 0.6 is 24.0 Å². The Morgan fingerprint density at radius 3 is 2.52 bits per heavy atom. The van der Waals surface area contributed by atoms with Crippen LogP contribution in [0.3, 0.4) is 0 Å². The van der Waals surface area contributed by atoms with Crippen molar-refractivity contribution >= 4 is 29.9 Å². The third-order valence-electron chi connectivity index (χ3n) is 3.40. The topological polar surface area (TPSA) is 82.7 Å². The smallest absolute Gasteiger partial charge is 0.213 e. The van der Waals surface area contributed by atoms with Gasteiger partial charge in [0, 0.05) is 19.0 Å². The number of aliphatic imine (C=N–C) groups is 1. The molecule has 8 heteroatoms. The van der Waals surface area contributed by atoms with Gasteiger partial charge >= 0.3 is 0 Å². The molecule has 0 aliphatic carbocycles. The highest BCUT2D eigenvalue weighted by Crippen LogP contribution is 2.22. The van der Waals surface area contributed by atoms with Gasteiger partial charge in [-0.3, -0.25) is 4.99 Å². The van der Waals surface area contributed by atoms with Crippen LogP contribution in [0.2, 0.25) is 0 Å². The molecule has 0 fully saturated rings. The van der Waals surface area contributed by atoms with E-state index in [9.17, 15) is 9.50 Å². The maximum absolute atomic E-state index is 13.3. The summed E-state index contributed by atoms with van der Waals surface area (Å²) in [5.41, 5.74) is 0.605. The first kappa shape index (κ1) is 21.2. The number of aromatic nitrogens is 1. The zero-order chi connectivity index (χ0) is 17.7. The summed E-state index contributed by atoms with van der Waals surface area (Å²) in [5, 5.41) is 15.3. The highest BCUT2D eigenvalue weighted by atomic mass is 127. The van der Waals surface area contributed by atoms with Crippen LogP contribution in [0.4, 0.5) is 4.39 Å². The quantitative estimate of drug-likeness (QED) is 0.369. The molecule has 1 aromatic carbocycles. The molecule has 0 bridgehead atoms. The largest absolute Gasteiger partial charge is 0.505 e. The van der Waals surface area contributed by atoms with Gasteiger partial charge in [0.15, 0.2) is 17.5 Å². The first-order valence-electron chi connectivity index (χ1n) is 7.66. The summed E-state index contributed by atoms with van der Waals surface area (Å²) in [6, 6.07) is 4.24. The first-order chi connectivity index (χ1) is 11.3. The van der Waals surface area contributed by atoms with E-state index in [-0.39, 0.29) is 35.1 Å². The number of nitrogens with zero attached hydrogens (tertiary/aromatic N) is 2. The molecule has 0 radical (unpaired) electrons. The van der Waals surface area contributed by atoms with E-state index in [1.165, 1.54) is 12.1 Å². The number of hydrogen-bond acceptors (Lipinski definition) is 4. The molecule has 1 aromatic heterocycles. The standard InChI is InChI=1S/C17H23FN4O2.HI/c1-17(2,3)14-9-20-15(24-14)10-22-16(19-4)21-8-11-5-6-13(23)12(18)7-11;/h5-7,9,23H,8,10H2,1-4H3,(H2,19,21,22);1H. The minimum absolute atomic E-state index is 0. The molecule has 2 rings (SSSR count). The number of halogens is 2. The Labute approximate surface area is 164 Å². The number of benzene rings is 1. The average molecular weight is 462 g/mol. The predicted octanol–water partition coefficient (Wildman–Crippen LogP) is 3.30. The van der Waals surface area contributed by atoms with Crippen molar-refractivity contribution < 1.29 is 13.9 Å². The Bertz CT molecular complexity index is 726. The zero-order valence-electron chi connectivity index (χ0n) is 14.8. The molecular formula is C17H24FIN4O2. The van der Waals surface area contributed by atoms with Crippen molar-refractivity contribution in [3.05, 3.63) is 47.4 Å². The molecule has 0 spiro atoms. The lowest BCUT2D eigenvalue weighted by Gasteiger charge is -2.13. The number of oxazole rings is 1. The van der Waals surface area contributed by atoms with E-state index in [0.717, 1.165) is 5.76 Å². The molecule has 0 unspecified atom stereocenters. The van der Waals surface area contributed by atoms with Crippen LogP contribution in [0.15, 0.2) is 33.8 Å². The van der Waals surface area contributed by atoms with Crippen LogP contribution < -0.4 is 10.6 Å². The lowest BCUT2D eigenvalue weighted by molar-refractivity contribution is 0.379. The Morgan fingerprint density at radius 1 is 1.28 bits per heavy atom. The van der Waals surface area contributed by atoms with Crippen molar-refractivity contribution in [3.63, 3.8) is 0 Å². The number of nitrogens with one attached hydrogen (secondary N) is 2. The third kappa shape index (κ3) is 6.18. The van der Waals surface area contributed by atoms with E-state index in [1.54, 1.807) is 19.3 Å². The maximum atomic E-state index is 13.3. The molecule has 2 aromatic rings. The minimum Gasteiger partial charge on any atom is -0.505 e. The third-order valence-corrected chi connectivity index (χ3v) is 3.40. The van der Waals surface area contributed by atoms with Crippen LogP contribution in [0.25, 0.3) is 0 Å². The molecule has 0 aliphatic rings. The van der Waals surface area contributed by atoms with Gasteiger partial charge in [-0.05, 0) is 17.7 Å². The molecule has 0 aliphatic heterocycles. The summed E-state index contributed by atoms with van der Waals surface area (Å²) < 4.78 is 19.0. The van der Waals surface area contributed by atoms with Crippen LogP contribution in [0.5, 0.6) is 5.75 Å². The van der Waals surface area contributed by atoms with Crippen molar-refractivity contribution in [1.82, 2.24) is 15.6 Å². The molecule has 3 N–H and O–H groups in total. The average Bonchev–Trinajstić information content (AvgIpc) is 3.00. The maximum Gasteiger partial charge on any atom is 0.213 e. The van der Waals surface area contributed by atoms with Crippen LogP contribution in [-0.2, 0) is 18.5 Å². The van der Waals surface area contributed by atoms with Crippen molar-refractivity contribution in [3.8, 4) is 5.75 Å². The minimum atomic E-state index is -0.647. The number of guanidine groups is 1. The fourth-order valence-electron chi connectivity index (χ4n) is 1.96. The summed E-state index contributed by atoms with van der Waals surface area (Å²) >= 11 is 0.